The number of carbonyl (C=O) groups is 1. The van der Waals surface area contributed by atoms with E-state index in [-0.39, 0.29) is 31.3 Å². The van der Waals surface area contributed by atoms with Gasteiger partial charge in [-0.25, -0.2) is 0 Å². The summed E-state index contributed by atoms with van der Waals surface area (Å²) < 4.78 is 38.3. The molecular formula is C24H25ClF3N3O. The monoisotopic (exact) mass is 463 g/mol. The van der Waals surface area contributed by atoms with Gasteiger partial charge in [0.25, 0.3) is 0 Å². The van der Waals surface area contributed by atoms with Gasteiger partial charge in [0.05, 0.1) is 5.56 Å². The smallest absolute Gasteiger partial charge is 0.316 e. The van der Waals surface area contributed by atoms with Crippen molar-refractivity contribution < 1.29 is 18.0 Å². The summed E-state index contributed by atoms with van der Waals surface area (Å²) in [5.74, 6) is -0.290. The van der Waals surface area contributed by atoms with E-state index in [2.05, 4.69) is 4.98 Å². The van der Waals surface area contributed by atoms with Crippen LogP contribution >= 0.6 is 12.4 Å². The average Bonchev–Trinajstić information content (AvgIpc) is 2.76. The minimum absolute atomic E-state index is 0. The molecule has 0 bridgehead atoms. The number of hydrogen-bond acceptors (Lipinski definition) is 3. The van der Waals surface area contributed by atoms with E-state index in [9.17, 15) is 18.0 Å². The molecule has 32 heavy (non-hydrogen) atoms. The molecule has 1 heterocycles. The molecule has 170 valence electrons. The standard InChI is InChI=1S/C24H24F3N3O.ClH/c1-16-8-11-21(14-17(16)2)30(23(31)22(28)18-6-4-3-5-7-18)13-12-20-10-9-19(15-29-20)24(25,26)27;/h3-11,14-15,22H,12-13,28H2,1-2H3;1H/t22-;/m0./s1. The molecule has 0 radical (unpaired) electrons. The molecule has 0 unspecified atom stereocenters. The molecule has 2 aromatic carbocycles. The topological polar surface area (TPSA) is 59.2 Å². The lowest BCUT2D eigenvalue weighted by atomic mass is 10.0. The van der Waals surface area contributed by atoms with Crippen LogP contribution < -0.4 is 10.6 Å². The van der Waals surface area contributed by atoms with Gasteiger partial charge in [-0.2, -0.15) is 13.2 Å². The van der Waals surface area contributed by atoms with Crippen molar-refractivity contribution in [1.29, 1.82) is 0 Å². The molecular weight excluding hydrogens is 439 g/mol. The highest BCUT2D eigenvalue weighted by molar-refractivity contribution is 5.97. The van der Waals surface area contributed by atoms with E-state index < -0.39 is 17.8 Å². The fraction of sp³-hybridized carbons (Fsp3) is 0.250. The Balaban J connectivity index is 0.00000363. The van der Waals surface area contributed by atoms with E-state index in [0.29, 0.717) is 16.9 Å². The number of amides is 1. The van der Waals surface area contributed by atoms with Crippen LogP contribution in [0.1, 0.15) is 34.0 Å². The molecule has 0 aliphatic heterocycles. The molecule has 0 saturated carbocycles. The van der Waals surface area contributed by atoms with E-state index >= 15 is 0 Å². The molecule has 0 saturated heterocycles. The number of rotatable bonds is 6. The van der Waals surface area contributed by atoms with Crippen molar-refractivity contribution >= 4 is 24.0 Å². The second kappa shape index (κ2) is 10.6. The maximum Gasteiger partial charge on any atom is 0.417 e. The van der Waals surface area contributed by atoms with Gasteiger partial charge in [-0.15, -0.1) is 12.4 Å². The molecule has 4 nitrogen and oxygen atoms in total. The summed E-state index contributed by atoms with van der Waals surface area (Å²) in [7, 11) is 0. The lowest BCUT2D eigenvalue weighted by Gasteiger charge is -2.27. The molecule has 0 spiro atoms. The number of carbonyl (C=O) groups excluding carboxylic acids is 1. The van der Waals surface area contributed by atoms with E-state index in [1.807, 2.05) is 50.2 Å². The SMILES string of the molecule is Cc1ccc(N(CCc2ccc(C(F)(F)F)cn2)C(=O)[C@@H](N)c2ccccc2)cc1C.Cl. The first-order chi connectivity index (χ1) is 14.7. The molecule has 2 N–H and O–H groups in total. The minimum Gasteiger partial charge on any atom is -0.316 e. The van der Waals surface area contributed by atoms with Crippen molar-refractivity contribution in [3.63, 3.8) is 0 Å². The summed E-state index contributed by atoms with van der Waals surface area (Å²) in [6, 6.07) is 16.2. The molecule has 1 aromatic heterocycles. The van der Waals surface area contributed by atoms with Crippen molar-refractivity contribution in [3.05, 3.63) is 94.8 Å². The first-order valence-corrected chi connectivity index (χ1v) is 9.88. The Morgan fingerprint density at radius 1 is 1.03 bits per heavy atom. The number of nitrogens with zero attached hydrogens (tertiary/aromatic N) is 2. The van der Waals surface area contributed by atoms with Gasteiger partial charge in [0.2, 0.25) is 5.91 Å². The Hall–Kier alpha value is -2.90. The number of hydrogen-bond donors (Lipinski definition) is 1. The van der Waals surface area contributed by atoms with E-state index in [1.54, 1.807) is 17.0 Å². The quantitative estimate of drug-likeness (QED) is 0.531. The first-order valence-electron chi connectivity index (χ1n) is 9.88. The van der Waals surface area contributed by atoms with Crippen LogP contribution in [0.5, 0.6) is 0 Å². The number of benzene rings is 2. The summed E-state index contributed by atoms with van der Waals surface area (Å²) in [4.78, 5) is 18.8. The van der Waals surface area contributed by atoms with Gasteiger partial charge in [-0.3, -0.25) is 9.78 Å². The minimum atomic E-state index is -4.44. The van der Waals surface area contributed by atoms with Crippen LogP contribution in [0.25, 0.3) is 0 Å². The Morgan fingerprint density at radius 3 is 2.28 bits per heavy atom. The van der Waals surface area contributed by atoms with Crippen LogP contribution in [-0.4, -0.2) is 17.4 Å². The molecule has 8 heteroatoms. The zero-order chi connectivity index (χ0) is 22.6. The second-order valence-electron chi connectivity index (χ2n) is 7.43. The highest BCUT2D eigenvalue weighted by atomic mass is 35.5. The fourth-order valence-corrected chi connectivity index (χ4v) is 3.20. The summed E-state index contributed by atoms with van der Waals surface area (Å²) >= 11 is 0. The molecule has 1 amide bonds. The normalized spacial score (nSPS) is 12.1. The van der Waals surface area contributed by atoms with Crippen LogP contribution in [0, 0.1) is 13.8 Å². The number of aryl methyl sites for hydroxylation is 2. The first kappa shape index (κ1) is 25.4. The number of aromatic nitrogens is 1. The average molecular weight is 464 g/mol. The predicted octanol–water partition coefficient (Wildman–Crippen LogP) is 5.41. The van der Waals surface area contributed by atoms with Crippen molar-refractivity contribution in [2.75, 3.05) is 11.4 Å². The third-order valence-electron chi connectivity index (χ3n) is 5.24. The molecule has 0 fully saturated rings. The van der Waals surface area contributed by atoms with Crippen molar-refractivity contribution in [3.8, 4) is 0 Å². The Labute approximate surface area is 191 Å². The molecule has 3 aromatic rings. The van der Waals surface area contributed by atoms with Gasteiger partial charge < -0.3 is 10.6 Å². The van der Waals surface area contributed by atoms with Crippen LogP contribution in [-0.2, 0) is 17.4 Å². The Bertz CT molecular complexity index is 1040. The highest BCUT2D eigenvalue weighted by Gasteiger charge is 2.30. The van der Waals surface area contributed by atoms with Crippen molar-refractivity contribution in [1.82, 2.24) is 4.98 Å². The lowest BCUT2D eigenvalue weighted by molar-refractivity contribution is -0.137. The van der Waals surface area contributed by atoms with Crippen LogP contribution in [0.2, 0.25) is 0 Å². The molecule has 1 atom stereocenters. The fourth-order valence-electron chi connectivity index (χ4n) is 3.20. The summed E-state index contributed by atoms with van der Waals surface area (Å²) in [6.45, 7) is 4.17. The van der Waals surface area contributed by atoms with Crippen LogP contribution in [0.4, 0.5) is 18.9 Å². The maximum absolute atomic E-state index is 13.3. The molecule has 0 aliphatic rings. The molecule has 3 rings (SSSR count). The number of pyridine rings is 1. The lowest BCUT2D eigenvalue weighted by Crippen LogP contribution is -2.40. The number of alkyl halides is 3. The van der Waals surface area contributed by atoms with E-state index in [0.717, 1.165) is 23.4 Å². The van der Waals surface area contributed by atoms with Gasteiger partial charge in [0, 0.05) is 30.5 Å². The van der Waals surface area contributed by atoms with Gasteiger partial charge in [0.15, 0.2) is 0 Å². The zero-order valence-corrected chi connectivity index (χ0v) is 18.6. The largest absolute Gasteiger partial charge is 0.417 e. The van der Waals surface area contributed by atoms with E-state index in [4.69, 9.17) is 5.73 Å². The van der Waals surface area contributed by atoms with Gasteiger partial charge in [-0.05, 0) is 54.8 Å². The Kier molecular flexibility index (Phi) is 8.41. The van der Waals surface area contributed by atoms with Gasteiger partial charge >= 0.3 is 6.18 Å². The summed E-state index contributed by atoms with van der Waals surface area (Å²) in [6.07, 6.45) is -3.33. The van der Waals surface area contributed by atoms with E-state index in [1.165, 1.54) is 6.07 Å². The zero-order valence-electron chi connectivity index (χ0n) is 17.8. The molecule has 0 aliphatic carbocycles. The van der Waals surface area contributed by atoms with Gasteiger partial charge in [0.1, 0.15) is 6.04 Å². The third kappa shape index (κ3) is 6.08. The number of anilines is 1. The number of halogens is 4. The van der Waals surface area contributed by atoms with Crippen LogP contribution in [0.15, 0.2) is 66.9 Å². The summed E-state index contributed by atoms with van der Waals surface area (Å²) in [5, 5.41) is 0. The highest BCUT2D eigenvalue weighted by Crippen LogP contribution is 2.28. The maximum atomic E-state index is 13.3. The van der Waals surface area contributed by atoms with Crippen molar-refractivity contribution in [2.45, 2.75) is 32.5 Å². The van der Waals surface area contributed by atoms with Gasteiger partial charge in [-0.1, -0.05) is 36.4 Å². The summed E-state index contributed by atoms with van der Waals surface area (Å²) in [5.41, 5.74) is 9.40. The predicted molar refractivity (Wildman–Crippen MR) is 122 cm³/mol. The Morgan fingerprint density at radius 2 is 1.72 bits per heavy atom. The van der Waals surface area contributed by atoms with Crippen LogP contribution in [0.3, 0.4) is 0 Å². The second-order valence-corrected chi connectivity index (χ2v) is 7.43. The number of nitrogens with two attached hydrogens (primary N) is 1. The third-order valence-corrected chi connectivity index (χ3v) is 5.24. The van der Waals surface area contributed by atoms with Crippen molar-refractivity contribution in [2.24, 2.45) is 5.73 Å².